The lowest BCUT2D eigenvalue weighted by atomic mass is 9.64. The van der Waals surface area contributed by atoms with Gasteiger partial charge in [0.25, 0.3) is 0 Å². The molecule has 0 heterocycles. The highest BCUT2D eigenvalue weighted by Gasteiger charge is 2.55. The Labute approximate surface area is 208 Å². The topological polar surface area (TPSA) is 38.7 Å². The van der Waals surface area contributed by atoms with Gasteiger partial charge in [-0.3, -0.25) is 4.99 Å². The summed E-state index contributed by atoms with van der Waals surface area (Å²) in [7, 11) is 1.44. The van der Waals surface area contributed by atoms with E-state index in [1.54, 1.807) is 0 Å². The van der Waals surface area contributed by atoms with Gasteiger partial charge < -0.3 is 4.74 Å². The molecule has 0 saturated heterocycles. The standard InChI is InChI=1S/C32H31NO2/c1-24-15-14-22-28(23-24)32(30(34)35-4,31(2,3)27-20-12-7-13-21-27)33-29(25-16-8-5-9-17-25)26-18-10-6-11-19-26/h5-23H,1-4H3. The van der Waals surface area contributed by atoms with Crippen molar-refractivity contribution in [2.45, 2.75) is 31.7 Å². The summed E-state index contributed by atoms with van der Waals surface area (Å²) in [6, 6.07) is 38.1. The molecule has 0 fully saturated rings. The fraction of sp³-hybridized carbons (Fsp3) is 0.188. The Hall–Kier alpha value is -3.98. The van der Waals surface area contributed by atoms with Crippen LogP contribution in [0.15, 0.2) is 120 Å². The first-order valence-corrected chi connectivity index (χ1v) is 11.8. The van der Waals surface area contributed by atoms with Crippen molar-refractivity contribution in [2.75, 3.05) is 7.11 Å². The van der Waals surface area contributed by atoms with Crippen molar-refractivity contribution in [1.82, 2.24) is 0 Å². The Morgan fingerprint density at radius 3 is 1.66 bits per heavy atom. The SMILES string of the molecule is COC(=O)C(N=C(c1ccccc1)c1ccccc1)(c1cccc(C)c1)C(C)(C)c1ccccc1. The molecule has 0 spiro atoms. The van der Waals surface area contributed by atoms with Crippen LogP contribution < -0.4 is 0 Å². The smallest absolute Gasteiger partial charge is 0.339 e. The van der Waals surface area contributed by atoms with Crippen LogP contribution in [0, 0.1) is 6.92 Å². The third-order valence-corrected chi connectivity index (χ3v) is 6.69. The van der Waals surface area contributed by atoms with Gasteiger partial charge in [-0.05, 0) is 18.1 Å². The van der Waals surface area contributed by atoms with Gasteiger partial charge >= 0.3 is 5.97 Å². The van der Waals surface area contributed by atoms with Crippen LogP contribution in [-0.4, -0.2) is 18.8 Å². The van der Waals surface area contributed by atoms with Gasteiger partial charge in [0.05, 0.1) is 12.8 Å². The average molecular weight is 462 g/mol. The number of hydrogen-bond donors (Lipinski definition) is 0. The Morgan fingerprint density at radius 2 is 1.17 bits per heavy atom. The summed E-state index contributed by atoms with van der Waals surface area (Å²) in [6.07, 6.45) is 0. The molecule has 35 heavy (non-hydrogen) atoms. The monoisotopic (exact) mass is 461 g/mol. The van der Waals surface area contributed by atoms with Crippen molar-refractivity contribution < 1.29 is 9.53 Å². The minimum atomic E-state index is -1.35. The van der Waals surface area contributed by atoms with Crippen LogP contribution in [0.2, 0.25) is 0 Å². The first-order valence-electron chi connectivity index (χ1n) is 11.8. The van der Waals surface area contributed by atoms with Crippen LogP contribution in [-0.2, 0) is 20.5 Å². The Balaban J connectivity index is 2.14. The molecule has 0 radical (unpaired) electrons. The second-order valence-electron chi connectivity index (χ2n) is 9.25. The molecule has 1 unspecified atom stereocenters. The molecule has 0 aromatic heterocycles. The molecule has 3 heteroatoms. The van der Waals surface area contributed by atoms with Crippen molar-refractivity contribution in [3.63, 3.8) is 0 Å². The van der Waals surface area contributed by atoms with E-state index in [0.717, 1.165) is 33.5 Å². The van der Waals surface area contributed by atoms with Gasteiger partial charge in [-0.25, -0.2) is 4.79 Å². The number of benzene rings is 4. The number of carbonyl (C=O) groups is 1. The van der Waals surface area contributed by atoms with Crippen LogP contribution in [0.4, 0.5) is 0 Å². The summed E-state index contributed by atoms with van der Waals surface area (Å²) in [5.74, 6) is -0.402. The van der Waals surface area contributed by atoms with Gasteiger partial charge in [0.1, 0.15) is 0 Å². The van der Waals surface area contributed by atoms with Gasteiger partial charge in [-0.15, -0.1) is 0 Å². The molecule has 0 aliphatic rings. The number of aryl methyl sites for hydroxylation is 1. The van der Waals surface area contributed by atoms with E-state index < -0.39 is 16.9 Å². The molecule has 176 valence electrons. The third kappa shape index (κ3) is 4.54. The minimum Gasteiger partial charge on any atom is -0.467 e. The number of hydrogen-bond acceptors (Lipinski definition) is 3. The molecule has 0 aliphatic carbocycles. The van der Waals surface area contributed by atoms with Crippen molar-refractivity contribution in [2.24, 2.45) is 4.99 Å². The van der Waals surface area contributed by atoms with Crippen LogP contribution in [0.5, 0.6) is 0 Å². The zero-order chi connectivity index (χ0) is 24.9. The van der Waals surface area contributed by atoms with Crippen molar-refractivity contribution >= 4 is 11.7 Å². The predicted octanol–water partition coefficient (Wildman–Crippen LogP) is 6.88. The zero-order valence-electron chi connectivity index (χ0n) is 20.7. The van der Waals surface area contributed by atoms with Crippen LogP contribution in [0.1, 0.15) is 41.7 Å². The van der Waals surface area contributed by atoms with E-state index in [0.29, 0.717) is 0 Å². The van der Waals surface area contributed by atoms with Crippen molar-refractivity contribution in [1.29, 1.82) is 0 Å². The first-order chi connectivity index (χ1) is 16.9. The first kappa shape index (κ1) is 24.2. The predicted molar refractivity (Wildman–Crippen MR) is 143 cm³/mol. The molecule has 0 N–H and O–H groups in total. The lowest BCUT2D eigenvalue weighted by molar-refractivity contribution is -0.150. The van der Waals surface area contributed by atoms with Gasteiger partial charge in [-0.1, -0.05) is 135 Å². The number of esters is 1. The van der Waals surface area contributed by atoms with E-state index >= 15 is 0 Å². The molecule has 0 amide bonds. The average Bonchev–Trinajstić information content (AvgIpc) is 2.90. The fourth-order valence-electron chi connectivity index (χ4n) is 4.72. The number of nitrogens with zero attached hydrogens (tertiary/aromatic N) is 1. The molecule has 0 bridgehead atoms. The maximum Gasteiger partial charge on any atom is 0.339 e. The maximum absolute atomic E-state index is 14.0. The number of methoxy groups -OCH3 is 1. The second-order valence-corrected chi connectivity index (χ2v) is 9.25. The van der Waals surface area contributed by atoms with E-state index in [9.17, 15) is 4.79 Å². The quantitative estimate of drug-likeness (QED) is 0.222. The lowest BCUT2D eigenvalue weighted by Crippen LogP contribution is -2.51. The van der Waals surface area contributed by atoms with Crippen molar-refractivity contribution in [3.8, 4) is 0 Å². The highest BCUT2D eigenvalue weighted by Crippen LogP contribution is 2.47. The highest BCUT2D eigenvalue weighted by atomic mass is 16.5. The molecule has 4 aromatic rings. The molecule has 4 aromatic carbocycles. The molecular formula is C32H31NO2. The van der Waals surface area contributed by atoms with Crippen LogP contribution >= 0.6 is 0 Å². The molecule has 3 nitrogen and oxygen atoms in total. The van der Waals surface area contributed by atoms with Gasteiger partial charge in [0, 0.05) is 16.5 Å². The summed E-state index contributed by atoms with van der Waals surface area (Å²) in [5.41, 5.74) is 3.35. The lowest BCUT2D eigenvalue weighted by Gasteiger charge is -2.43. The largest absolute Gasteiger partial charge is 0.467 e. The van der Waals surface area contributed by atoms with Gasteiger partial charge in [0.15, 0.2) is 5.54 Å². The molecule has 0 aliphatic heterocycles. The molecular weight excluding hydrogens is 430 g/mol. The van der Waals surface area contributed by atoms with E-state index in [-0.39, 0.29) is 0 Å². The number of carbonyl (C=O) groups excluding carboxylic acids is 1. The van der Waals surface area contributed by atoms with Crippen LogP contribution in [0.25, 0.3) is 0 Å². The maximum atomic E-state index is 14.0. The molecule has 4 rings (SSSR count). The van der Waals surface area contributed by atoms with Crippen molar-refractivity contribution in [3.05, 3.63) is 143 Å². The number of rotatable bonds is 7. The Morgan fingerprint density at radius 1 is 0.686 bits per heavy atom. The van der Waals surface area contributed by atoms with E-state index in [1.165, 1.54) is 7.11 Å². The Bertz CT molecular complexity index is 1270. The van der Waals surface area contributed by atoms with Gasteiger partial charge in [0.2, 0.25) is 0 Å². The number of ether oxygens (including phenoxy) is 1. The fourth-order valence-corrected chi connectivity index (χ4v) is 4.72. The van der Waals surface area contributed by atoms with Crippen LogP contribution in [0.3, 0.4) is 0 Å². The summed E-state index contributed by atoms with van der Waals surface area (Å²) >= 11 is 0. The second kappa shape index (κ2) is 10.1. The Kier molecular flexibility index (Phi) is 6.97. The third-order valence-electron chi connectivity index (χ3n) is 6.69. The van der Waals surface area contributed by atoms with E-state index in [1.807, 2.05) is 122 Å². The zero-order valence-corrected chi connectivity index (χ0v) is 20.7. The summed E-state index contributed by atoms with van der Waals surface area (Å²) < 4.78 is 5.54. The highest BCUT2D eigenvalue weighted by molar-refractivity contribution is 6.14. The molecule has 1 atom stereocenters. The summed E-state index contributed by atoms with van der Waals surface area (Å²) in [6.45, 7) is 6.16. The number of aliphatic imine (C=N–C) groups is 1. The minimum absolute atomic E-state index is 0.402. The van der Waals surface area contributed by atoms with Gasteiger partial charge in [-0.2, -0.15) is 0 Å². The normalized spacial score (nSPS) is 12.9. The molecule has 0 saturated carbocycles. The summed E-state index contributed by atoms with van der Waals surface area (Å²) in [5, 5.41) is 0. The van der Waals surface area contributed by atoms with E-state index in [4.69, 9.17) is 9.73 Å². The van der Waals surface area contributed by atoms with E-state index in [2.05, 4.69) is 13.8 Å². The summed E-state index contributed by atoms with van der Waals surface area (Å²) in [4.78, 5) is 19.5.